The van der Waals surface area contributed by atoms with E-state index in [1.807, 2.05) is 24.3 Å². The molecule has 29 heavy (non-hydrogen) atoms. The molecule has 0 spiro atoms. The first kappa shape index (κ1) is 23.0. The molecular formula is C21H24BrClN2O4. The molecule has 2 atom stereocenters. The summed E-state index contributed by atoms with van der Waals surface area (Å²) in [6.07, 6.45) is 0.223. The highest BCUT2D eigenvalue weighted by Gasteiger charge is 2.17. The number of benzene rings is 2. The molecule has 0 fully saturated rings. The SMILES string of the molecule is CCC(C)c1ccc(OCC(=O)NNC(=O)C(C)Oc2ccc(Cl)cc2Br)cc1. The van der Waals surface area contributed by atoms with Gasteiger partial charge in [0.1, 0.15) is 11.5 Å². The first-order valence-electron chi connectivity index (χ1n) is 9.23. The topological polar surface area (TPSA) is 76.7 Å². The second kappa shape index (κ2) is 11.1. The smallest absolute Gasteiger partial charge is 0.279 e. The van der Waals surface area contributed by atoms with Gasteiger partial charge < -0.3 is 9.47 Å². The van der Waals surface area contributed by atoms with Gasteiger partial charge in [-0.3, -0.25) is 20.4 Å². The van der Waals surface area contributed by atoms with Crippen molar-refractivity contribution >= 4 is 39.3 Å². The molecule has 0 bridgehead atoms. The van der Waals surface area contributed by atoms with Crippen LogP contribution in [0.3, 0.4) is 0 Å². The van der Waals surface area contributed by atoms with Gasteiger partial charge in [0.05, 0.1) is 4.47 Å². The molecule has 0 aromatic heterocycles. The number of hydrogen-bond acceptors (Lipinski definition) is 4. The molecule has 2 amide bonds. The van der Waals surface area contributed by atoms with Gasteiger partial charge in [0, 0.05) is 5.02 Å². The van der Waals surface area contributed by atoms with Crippen LogP contribution < -0.4 is 20.3 Å². The number of hydrazine groups is 1. The Labute approximate surface area is 184 Å². The van der Waals surface area contributed by atoms with Gasteiger partial charge in [-0.1, -0.05) is 37.6 Å². The Morgan fingerprint density at radius 3 is 2.41 bits per heavy atom. The summed E-state index contributed by atoms with van der Waals surface area (Å²) in [4.78, 5) is 24.0. The van der Waals surface area contributed by atoms with E-state index >= 15 is 0 Å². The number of hydrogen-bond donors (Lipinski definition) is 2. The van der Waals surface area contributed by atoms with Crippen molar-refractivity contribution in [2.45, 2.75) is 39.2 Å². The molecule has 0 saturated carbocycles. The van der Waals surface area contributed by atoms with E-state index in [1.165, 1.54) is 5.56 Å². The molecule has 6 nitrogen and oxygen atoms in total. The van der Waals surface area contributed by atoms with Crippen molar-refractivity contribution in [1.29, 1.82) is 0 Å². The van der Waals surface area contributed by atoms with E-state index in [1.54, 1.807) is 25.1 Å². The molecule has 2 unspecified atom stereocenters. The number of halogens is 2. The minimum Gasteiger partial charge on any atom is -0.484 e. The minimum absolute atomic E-state index is 0.221. The van der Waals surface area contributed by atoms with Crippen molar-refractivity contribution in [3.05, 3.63) is 57.5 Å². The van der Waals surface area contributed by atoms with Crippen LogP contribution in [-0.4, -0.2) is 24.5 Å². The van der Waals surface area contributed by atoms with E-state index in [2.05, 4.69) is 40.6 Å². The lowest BCUT2D eigenvalue weighted by Crippen LogP contribution is -2.48. The lowest BCUT2D eigenvalue weighted by Gasteiger charge is -2.16. The molecule has 0 aliphatic heterocycles. The Bertz CT molecular complexity index is 845. The lowest BCUT2D eigenvalue weighted by atomic mass is 9.99. The van der Waals surface area contributed by atoms with Gasteiger partial charge in [-0.05, 0) is 71.1 Å². The molecule has 8 heteroatoms. The van der Waals surface area contributed by atoms with Gasteiger partial charge in [0.15, 0.2) is 12.7 Å². The first-order valence-corrected chi connectivity index (χ1v) is 10.4. The molecule has 2 N–H and O–H groups in total. The number of amides is 2. The zero-order valence-electron chi connectivity index (χ0n) is 16.5. The average molecular weight is 484 g/mol. The molecule has 0 aliphatic rings. The third kappa shape index (κ3) is 7.25. The molecule has 0 aliphatic carbocycles. The molecule has 2 aromatic rings. The van der Waals surface area contributed by atoms with Crippen molar-refractivity contribution in [2.75, 3.05) is 6.61 Å². The van der Waals surface area contributed by atoms with Gasteiger partial charge in [-0.15, -0.1) is 0 Å². The van der Waals surface area contributed by atoms with E-state index in [0.717, 1.165) is 6.42 Å². The van der Waals surface area contributed by atoms with Crippen LogP contribution in [0, 0.1) is 0 Å². The second-order valence-corrected chi connectivity index (χ2v) is 7.83. The van der Waals surface area contributed by atoms with Crippen LogP contribution >= 0.6 is 27.5 Å². The lowest BCUT2D eigenvalue weighted by molar-refractivity contribution is -0.133. The fourth-order valence-electron chi connectivity index (χ4n) is 2.36. The normalized spacial score (nSPS) is 12.6. The molecular weight excluding hydrogens is 460 g/mol. The van der Waals surface area contributed by atoms with Crippen LogP contribution in [0.25, 0.3) is 0 Å². The Morgan fingerprint density at radius 2 is 1.79 bits per heavy atom. The molecule has 0 heterocycles. The van der Waals surface area contributed by atoms with Crippen molar-refractivity contribution in [3.8, 4) is 11.5 Å². The zero-order chi connectivity index (χ0) is 21.4. The highest BCUT2D eigenvalue weighted by molar-refractivity contribution is 9.10. The third-order valence-electron chi connectivity index (χ3n) is 4.32. The Morgan fingerprint density at radius 1 is 1.10 bits per heavy atom. The van der Waals surface area contributed by atoms with Crippen molar-refractivity contribution in [2.24, 2.45) is 0 Å². The van der Waals surface area contributed by atoms with E-state index < -0.39 is 17.9 Å². The summed E-state index contributed by atoms with van der Waals surface area (Å²) < 4.78 is 11.6. The zero-order valence-corrected chi connectivity index (χ0v) is 18.8. The van der Waals surface area contributed by atoms with E-state index in [-0.39, 0.29) is 6.61 Å². The van der Waals surface area contributed by atoms with Gasteiger partial charge >= 0.3 is 0 Å². The van der Waals surface area contributed by atoms with Gasteiger partial charge in [0.2, 0.25) is 0 Å². The van der Waals surface area contributed by atoms with Crippen LogP contribution in [0.1, 0.15) is 38.7 Å². The molecule has 2 aromatic carbocycles. The van der Waals surface area contributed by atoms with Crippen molar-refractivity contribution < 1.29 is 19.1 Å². The van der Waals surface area contributed by atoms with Crippen molar-refractivity contribution in [3.63, 3.8) is 0 Å². The molecule has 156 valence electrons. The van der Waals surface area contributed by atoms with Crippen LogP contribution in [0.5, 0.6) is 11.5 Å². The fraction of sp³-hybridized carbons (Fsp3) is 0.333. The Hall–Kier alpha value is -2.25. The molecule has 0 saturated heterocycles. The van der Waals surface area contributed by atoms with Gasteiger partial charge in [0.25, 0.3) is 11.8 Å². The largest absolute Gasteiger partial charge is 0.484 e. The monoisotopic (exact) mass is 482 g/mol. The summed E-state index contributed by atoms with van der Waals surface area (Å²) in [7, 11) is 0. The van der Waals surface area contributed by atoms with E-state index in [4.69, 9.17) is 21.1 Å². The summed E-state index contributed by atoms with van der Waals surface area (Å²) in [5.74, 6) is 0.540. The van der Waals surface area contributed by atoms with Crippen LogP contribution in [-0.2, 0) is 9.59 Å². The predicted octanol–water partition coefficient (Wildman–Crippen LogP) is 4.61. The summed E-state index contributed by atoms with van der Waals surface area (Å²) in [5, 5.41) is 0.545. The first-order chi connectivity index (χ1) is 13.8. The van der Waals surface area contributed by atoms with Gasteiger partial charge in [-0.25, -0.2) is 0 Å². The summed E-state index contributed by atoms with van der Waals surface area (Å²) >= 11 is 9.20. The van der Waals surface area contributed by atoms with Gasteiger partial charge in [-0.2, -0.15) is 0 Å². The van der Waals surface area contributed by atoms with Crippen LogP contribution in [0.4, 0.5) is 0 Å². The Kier molecular flexibility index (Phi) is 8.79. The summed E-state index contributed by atoms with van der Waals surface area (Å²) in [5.41, 5.74) is 5.84. The minimum atomic E-state index is -0.832. The maximum atomic E-state index is 12.1. The third-order valence-corrected chi connectivity index (χ3v) is 5.18. The van der Waals surface area contributed by atoms with E-state index in [9.17, 15) is 9.59 Å². The molecule has 0 radical (unpaired) electrons. The fourth-order valence-corrected chi connectivity index (χ4v) is 3.14. The summed E-state index contributed by atoms with van der Waals surface area (Å²) in [6.45, 7) is 5.63. The van der Waals surface area contributed by atoms with Crippen molar-refractivity contribution in [1.82, 2.24) is 10.9 Å². The maximum Gasteiger partial charge on any atom is 0.279 e. The van der Waals surface area contributed by atoms with Crippen LogP contribution in [0.15, 0.2) is 46.9 Å². The average Bonchev–Trinajstić information content (AvgIpc) is 2.72. The number of carbonyl (C=O) groups excluding carboxylic acids is 2. The highest BCUT2D eigenvalue weighted by atomic mass is 79.9. The highest BCUT2D eigenvalue weighted by Crippen LogP contribution is 2.28. The van der Waals surface area contributed by atoms with E-state index in [0.29, 0.717) is 26.9 Å². The predicted molar refractivity (Wildman–Crippen MR) is 116 cm³/mol. The Balaban J connectivity index is 1.75. The summed E-state index contributed by atoms with van der Waals surface area (Å²) in [6, 6.07) is 12.6. The number of carbonyl (C=O) groups is 2. The quantitative estimate of drug-likeness (QED) is 0.538. The number of rotatable bonds is 8. The number of nitrogens with one attached hydrogen (secondary N) is 2. The second-order valence-electron chi connectivity index (χ2n) is 6.54. The standard InChI is InChI=1S/C21H24BrClN2O4/c1-4-13(2)15-5-8-17(9-6-15)28-12-20(26)24-25-21(27)14(3)29-19-10-7-16(23)11-18(19)22/h5-11,13-14H,4,12H2,1-3H3,(H,24,26)(H,25,27). The number of ether oxygens (including phenoxy) is 2. The van der Waals surface area contributed by atoms with Crippen LogP contribution in [0.2, 0.25) is 5.02 Å². The molecule has 2 rings (SSSR count). The maximum absolute atomic E-state index is 12.1.